The Morgan fingerprint density at radius 3 is 2.58 bits per heavy atom. The molecule has 190 valence electrons. The first-order valence-corrected chi connectivity index (χ1v) is 12.9. The molecule has 1 unspecified atom stereocenters. The van der Waals surface area contributed by atoms with Crippen LogP contribution in [0, 0.1) is 5.92 Å². The minimum Gasteiger partial charge on any atom is -0.454 e. The molecule has 4 aliphatic rings. The molecule has 2 fully saturated rings. The molecule has 1 aromatic carbocycles. The van der Waals surface area contributed by atoms with Gasteiger partial charge in [-0.3, -0.25) is 14.5 Å². The van der Waals surface area contributed by atoms with Crippen LogP contribution < -0.4 is 5.32 Å². The number of aliphatic imine (C=N–C) groups is 1. The molecule has 1 N–H and O–H groups in total. The summed E-state index contributed by atoms with van der Waals surface area (Å²) in [5, 5.41) is 3.23. The summed E-state index contributed by atoms with van der Waals surface area (Å²) in [7, 11) is 0. The van der Waals surface area contributed by atoms with Crippen LogP contribution in [0.1, 0.15) is 29.3 Å². The zero-order chi connectivity index (χ0) is 25.1. The summed E-state index contributed by atoms with van der Waals surface area (Å²) in [5.41, 5.74) is 2.03. The van der Waals surface area contributed by atoms with E-state index in [0.717, 1.165) is 51.3 Å². The average Bonchev–Trinajstić information content (AvgIpc) is 3.36. The Labute approximate surface area is 216 Å². The number of rotatable bonds is 8. The van der Waals surface area contributed by atoms with Crippen LogP contribution in [0.15, 0.2) is 52.9 Å². The number of piperazine rings is 1. The van der Waals surface area contributed by atoms with Crippen LogP contribution in [0.2, 0.25) is 0 Å². The first-order chi connectivity index (χ1) is 17.5. The fraction of sp³-hybridized carbons (Fsp3) is 0.462. The maximum absolute atomic E-state index is 13.1. The Bertz CT molecular complexity index is 1120. The number of thiocarbonyl (C=S) groups is 1. The quantitative estimate of drug-likeness (QED) is 0.423. The molecular formula is C26H31N5O4S. The van der Waals surface area contributed by atoms with Gasteiger partial charge in [-0.2, -0.15) is 0 Å². The number of nitrogens with one attached hydrogen (secondary N) is 1. The lowest BCUT2D eigenvalue weighted by Crippen LogP contribution is -2.46. The number of hydrogen-bond donors (Lipinski definition) is 1. The second-order valence-corrected chi connectivity index (χ2v) is 9.61. The number of hydrogen-bond acceptors (Lipinski definition) is 7. The molecule has 2 saturated heterocycles. The van der Waals surface area contributed by atoms with Crippen molar-refractivity contribution in [1.82, 2.24) is 20.0 Å². The third kappa shape index (κ3) is 5.35. The highest BCUT2D eigenvalue weighted by Gasteiger charge is 2.38. The Balaban J connectivity index is 1.11. The maximum atomic E-state index is 13.1. The zero-order valence-corrected chi connectivity index (χ0v) is 21.3. The molecule has 5 rings (SSSR count). The second kappa shape index (κ2) is 10.9. The molecule has 2 amide bonds. The number of nitrogens with zero attached hydrogens (tertiary/aromatic N) is 4. The molecule has 9 nitrogen and oxygen atoms in total. The maximum Gasteiger partial charge on any atom is 0.251 e. The SMILES string of the molecule is CCN1CCN(CCCNC(=O)c2ccc(CN3C(=O)C4C=C5OCOC5=CC4=NC3=S)cc2)CC1. The highest BCUT2D eigenvalue weighted by molar-refractivity contribution is 7.80. The Kier molecular flexibility index (Phi) is 7.45. The minimum absolute atomic E-state index is 0.0913. The lowest BCUT2D eigenvalue weighted by Gasteiger charge is -2.33. The van der Waals surface area contributed by atoms with Crippen molar-refractivity contribution in [3.8, 4) is 0 Å². The number of amides is 2. The monoisotopic (exact) mass is 509 g/mol. The first kappa shape index (κ1) is 24.6. The van der Waals surface area contributed by atoms with Crippen molar-refractivity contribution in [2.45, 2.75) is 19.9 Å². The van der Waals surface area contributed by atoms with Gasteiger partial charge in [0.15, 0.2) is 11.5 Å². The number of ether oxygens (including phenoxy) is 2. The topological polar surface area (TPSA) is 86.7 Å². The third-order valence-electron chi connectivity index (χ3n) is 6.98. The molecule has 0 aromatic heterocycles. The van der Waals surface area contributed by atoms with Gasteiger partial charge in [-0.15, -0.1) is 0 Å². The summed E-state index contributed by atoms with van der Waals surface area (Å²) < 4.78 is 10.8. The number of carbonyl (C=O) groups excluding carboxylic acids is 2. The Hall–Kier alpha value is -3.08. The Morgan fingerprint density at radius 1 is 1.11 bits per heavy atom. The molecular weight excluding hydrogens is 478 g/mol. The van der Waals surface area contributed by atoms with E-state index in [1.807, 2.05) is 12.1 Å². The summed E-state index contributed by atoms with van der Waals surface area (Å²) in [6, 6.07) is 7.26. The third-order valence-corrected chi connectivity index (χ3v) is 7.29. The summed E-state index contributed by atoms with van der Waals surface area (Å²) >= 11 is 5.40. The van der Waals surface area contributed by atoms with Crippen LogP contribution in [-0.2, 0) is 20.8 Å². The summed E-state index contributed by atoms with van der Waals surface area (Å²) in [5.74, 6) is 0.359. The highest BCUT2D eigenvalue weighted by atomic mass is 32.1. The summed E-state index contributed by atoms with van der Waals surface area (Å²) in [6.45, 7) is 9.81. The van der Waals surface area contributed by atoms with E-state index in [1.54, 1.807) is 24.3 Å². The molecule has 3 heterocycles. The minimum atomic E-state index is -0.544. The number of fused-ring (bicyclic) bond motifs is 2. The van der Waals surface area contributed by atoms with Crippen molar-refractivity contribution in [2.75, 3.05) is 52.6 Å². The highest BCUT2D eigenvalue weighted by Crippen LogP contribution is 2.31. The van der Waals surface area contributed by atoms with Crippen LogP contribution in [0.4, 0.5) is 0 Å². The van der Waals surface area contributed by atoms with E-state index in [1.165, 1.54) is 4.90 Å². The van der Waals surface area contributed by atoms with Crippen LogP contribution in [0.5, 0.6) is 0 Å². The second-order valence-electron chi connectivity index (χ2n) is 9.25. The van der Waals surface area contributed by atoms with Gasteiger partial charge in [0, 0.05) is 44.4 Å². The molecule has 0 bridgehead atoms. The molecule has 0 saturated carbocycles. The number of likely N-dealkylation sites (N-methyl/N-ethyl adjacent to an activating group) is 1. The predicted molar refractivity (Wildman–Crippen MR) is 139 cm³/mol. The van der Waals surface area contributed by atoms with Crippen molar-refractivity contribution in [3.05, 3.63) is 59.1 Å². The van der Waals surface area contributed by atoms with E-state index in [-0.39, 0.29) is 30.3 Å². The van der Waals surface area contributed by atoms with Gasteiger partial charge >= 0.3 is 0 Å². The van der Waals surface area contributed by atoms with E-state index in [9.17, 15) is 9.59 Å². The van der Waals surface area contributed by atoms with E-state index < -0.39 is 5.92 Å². The van der Waals surface area contributed by atoms with E-state index in [4.69, 9.17) is 21.7 Å². The molecule has 36 heavy (non-hydrogen) atoms. The van der Waals surface area contributed by atoms with Gasteiger partial charge in [-0.25, -0.2) is 4.99 Å². The van der Waals surface area contributed by atoms with Crippen LogP contribution in [0.25, 0.3) is 0 Å². The number of allylic oxidation sites excluding steroid dienone is 1. The average molecular weight is 510 g/mol. The fourth-order valence-corrected chi connectivity index (χ4v) is 5.02. The summed E-state index contributed by atoms with van der Waals surface area (Å²) in [6.07, 6.45) is 4.38. The van der Waals surface area contributed by atoms with E-state index >= 15 is 0 Å². The van der Waals surface area contributed by atoms with Crippen molar-refractivity contribution in [1.29, 1.82) is 0 Å². The van der Waals surface area contributed by atoms with Crippen LogP contribution in [-0.4, -0.2) is 89.9 Å². The number of benzene rings is 1. The molecule has 1 aromatic rings. The zero-order valence-electron chi connectivity index (χ0n) is 20.4. The van der Waals surface area contributed by atoms with Gasteiger partial charge in [0.2, 0.25) is 17.8 Å². The van der Waals surface area contributed by atoms with Gasteiger partial charge < -0.3 is 24.6 Å². The normalized spacial score (nSPS) is 22.1. The van der Waals surface area contributed by atoms with Crippen molar-refractivity contribution >= 4 is 34.9 Å². The van der Waals surface area contributed by atoms with Crippen molar-refractivity contribution in [2.24, 2.45) is 10.9 Å². The smallest absolute Gasteiger partial charge is 0.251 e. The van der Waals surface area contributed by atoms with Gasteiger partial charge in [0.25, 0.3) is 5.91 Å². The Morgan fingerprint density at radius 2 is 1.83 bits per heavy atom. The lowest BCUT2D eigenvalue weighted by atomic mass is 9.93. The lowest BCUT2D eigenvalue weighted by molar-refractivity contribution is -0.129. The molecule has 10 heteroatoms. The molecule has 0 radical (unpaired) electrons. The van der Waals surface area contributed by atoms with Gasteiger partial charge in [-0.1, -0.05) is 19.1 Å². The molecule has 1 atom stereocenters. The number of carbonyl (C=O) groups is 2. The van der Waals surface area contributed by atoms with Crippen LogP contribution >= 0.6 is 12.2 Å². The summed E-state index contributed by atoms with van der Waals surface area (Å²) in [4.78, 5) is 36.6. The van der Waals surface area contributed by atoms with Crippen LogP contribution in [0.3, 0.4) is 0 Å². The van der Waals surface area contributed by atoms with E-state index in [2.05, 4.69) is 27.0 Å². The fourth-order valence-electron chi connectivity index (χ4n) is 4.76. The van der Waals surface area contributed by atoms with Gasteiger partial charge in [0.1, 0.15) is 5.92 Å². The first-order valence-electron chi connectivity index (χ1n) is 12.5. The predicted octanol–water partition coefficient (Wildman–Crippen LogP) is 1.91. The molecule has 3 aliphatic heterocycles. The van der Waals surface area contributed by atoms with Gasteiger partial charge in [-0.05, 0) is 55.5 Å². The molecule has 0 spiro atoms. The van der Waals surface area contributed by atoms with E-state index in [0.29, 0.717) is 29.3 Å². The molecule has 1 aliphatic carbocycles. The van der Waals surface area contributed by atoms with Gasteiger partial charge in [0.05, 0.1) is 12.3 Å². The van der Waals surface area contributed by atoms with Crippen molar-refractivity contribution < 1.29 is 19.1 Å². The standard InChI is InChI=1S/C26H31N5O4S/c1-2-29-10-12-30(13-11-29)9-3-8-27-24(32)19-6-4-18(5-7-19)16-31-25(33)20-14-22-23(35-17-34-22)15-21(20)28-26(31)36/h4-7,14-15,20H,2-3,8-13,16-17H2,1H3,(H,27,32). The largest absolute Gasteiger partial charge is 0.454 e. The van der Waals surface area contributed by atoms with Crippen molar-refractivity contribution in [3.63, 3.8) is 0 Å².